The summed E-state index contributed by atoms with van der Waals surface area (Å²) in [4.78, 5) is 11.0. The van der Waals surface area contributed by atoms with Crippen molar-refractivity contribution in [2.75, 3.05) is 13.7 Å². The Labute approximate surface area is 121 Å². The molecule has 104 valence electrons. The molecule has 1 fully saturated rings. The predicted molar refractivity (Wildman–Crippen MR) is 76.1 cm³/mol. The summed E-state index contributed by atoms with van der Waals surface area (Å²) in [5, 5.41) is 3.46. The number of halogens is 1. The van der Waals surface area contributed by atoms with E-state index < -0.39 is 0 Å². The maximum atomic E-state index is 11.0. The Morgan fingerprint density at radius 1 is 1.47 bits per heavy atom. The zero-order valence-electron chi connectivity index (χ0n) is 10.9. The largest absolute Gasteiger partial charge is 0.492 e. The second kappa shape index (κ2) is 6.91. The van der Waals surface area contributed by atoms with Crippen molar-refractivity contribution in [1.82, 2.24) is 5.32 Å². The predicted octanol–water partition coefficient (Wildman–Crippen LogP) is 2.64. The van der Waals surface area contributed by atoms with Crippen LogP contribution in [0.25, 0.3) is 0 Å². The lowest BCUT2D eigenvalue weighted by molar-refractivity contribution is -0.141. The monoisotopic (exact) mass is 327 g/mol. The lowest BCUT2D eigenvalue weighted by Crippen LogP contribution is -2.15. The van der Waals surface area contributed by atoms with Crippen molar-refractivity contribution in [3.05, 3.63) is 28.2 Å². The van der Waals surface area contributed by atoms with Gasteiger partial charge in [-0.1, -0.05) is 6.07 Å². The fourth-order valence-corrected chi connectivity index (χ4v) is 2.21. The number of ether oxygens (including phenoxy) is 2. The van der Waals surface area contributed by atoms with Crippen LogP contribution in [0, 0.1) is 0 Å². The molecule has 0 radical (unpaired) electrons. The second-order valence-electron chi connectivity index (χ2n) is 4.59. The Hall–Kier alpha value is -1.07. The van der Waals surface area contributed by atoms with Gasteiger partial charge in [-0.25, -0.2) is 0 Å². The molecule has 0 bridgehead atoms. The molecule has 0 saturated heterocycles. The van der Waals surface area contributed by atoms with Gasteiger partial charge in [-0.3, -0.25) is 4.79 Å². The van der Waals surface area contributed by atoms with Crippen LogP contribution in [0.2, 0.25) is 0 Å². The van der Waals surface area contributed by atoms with Crippen LogP contribution in [0.4, 0.5) is 0 Å². The third-order valence-electron chi connectivity index (χ3n) is 2.96. The molecule has 0 aromatic heterocycles. The number of hydrogen-bond acceptors (Lipinski definition) is 4. The van der Waals surface area contributed by atoms with E-state index in [9.17, 15) is 4.79 Å². The zero-order chi connectivity index (χ0) is 13.7. The number of rotatable bonds is 7. The highest BCUT2D eigenvalue weighted by Gasteiger charge is 2.20. The van der Waals surface area contributed by atoms with Crippen molar-refractivity contribution in [1.29, 1.82) is 0 Å². The average molecular weight is 328 g/mol. The molecule has 1 aliphatic rings. The van der Waals surface area contributed by atoms with E-state index >= 15 is 0 Å². The maximum Gasteiger partial charge on any atom is 0.308 e. The topological polar surface area (TPSA) is 47.6 Å². The molecule has 1 aromatic carbocycles. The van der Waals surface area contributed by atoms with E-state index in [0.717, 1.165) is 16.8 Å². The molecule has 0 spiro atoms. The third-order valence-corrected chi connectivity index (χ3v) is 3.58. The number of carbonyl (C=O) groups is 1. The lowest BCUT2D eigenvalue weighted by atomic mass is 10.2. The summed E-state index contributed by atoms with van der Waals surface area (Å²) in [7, 11) is 1.37. The van der Waals surface area contributed by atoms with E-state index in [4.69, 9.17) is 4.74 Å². The molecular formula is C14H18BrNO3. The smallest absolute Gasteiger partial charge is 0.308 e. The zero-order valence-corrected chi connectivity index (χ0v) is 12.5. The van der Waals surface area contributed by atoms with E-state index in [1.807, 2.05) is 18.2 Å². The van der Waals surface area contributed by atoms with Crippen molar-refractivity contribution in [2.24, 2.45) is 0 Å². The number of nitrogens with one attached hydrogen (secondary N) is 1. The lowest BCUT2D eigenvalue weighted by Gasteiger charge is -2.10. The summed E-state index contributed by atoms with van der Waals surface area (Å²) in [5.74, 6) is 0.487. The van der Waals surface area contributed by atoms with Crippen LogP contribution >= 0.6 is 15.9 Å². The third kappa shape index (κ3) is 4.84. The molecule has 1 saturated carbocycles. The van der Waals surface area contributed by atoms with Gasteiger partial charge in [0.1, 0.15) is 5.75 Å². The summed E-state index contributed by atoms with van der Waals surface area (Å²) >= 11 is 3.49. The van der Waals surface area contributed by atoms with Crippen molar-refractivity contribution in [2.45, 2.75) is 31.8 Å². The number of esters is 1. The van der Waals surface area contributed by atoms with Gasteiger partial charge in [-0.05, 0) is 46.5 Å². The van der Waals surface area contributed by atoms with Crippen molar-refractivity contribution in [3.63, 3.8) is 0 Å². The Morgan fingerprint density at radius 3 is 2.89 bits per heavy atom. The Kier molecular flexibility index (Phi) is 5.22. The van der Waals surface area contributed by atoms with Gasteiger partial charge in [0, 0.05) is 12.6 Å². The summed E-state index contributed by atoms with van der Waals surface area (Å²) in [6.07, 6.45) is 2.83. The van der Waals surface area contributed by atoms with Gasteiger partial charge in [0.15, 0.2) is 0 Å². The van der Waals surface area contributed by atoms with E-state index in [2.05, 4.69) is 26.0 Å². The van der Waals surface area contributed by atoms with Crippen LogP contribution < -0.4 is 10.1 Å². The van der Waals surface area contributed by atoms with Crippen LogP contribution in [0.15, 0.2) is 22.7 Å². The summed E-state index contributed by atoms with van der Waals surface area (Å²) in [5.41, 5.74) is 1.22. The first-order chi connectivity index (χ1) is 9.19. The summed E-state index contributed by atoms with van der Waals surface area (Å²) in [6, 6.07) is 6.71. The highest BCUT2D eigenvalue weighted by molar-refractivity contribution is 9.10. The van der Waals surface area contributed by atoms with E-state index in [0.29, 0.717) is 12.6 Å². The van der Waals surface area contributed by atoms with Gasteiger partial charge < -0.3 is 14.8 Å². The van der Waals surface area contributed by atoms with Gasteiger partial charge in [0.2, 0.25) is 0 Å². The molecule has 5 heteroatoms. The molecule has 0 amide bonds. The van der Waals surface area contributed by atoms with Gasteiger partial charge in [-0.2, -0.15) is 0 Å². The number of carbonyl (C=O) groups excluding carboxylic acids is 1. The van der Waals surface area contributed by atoms with E-state index in [1.165, 1.54) is 25.5 Å². The van der Waals surface area contributed by atoms with E-state index in [-0.39, 0.29) is 12.4 Å². The van der Waals surface area contributed by atoms with Gasteiger partial charge in [-0.15, -0.1) is 0 Å². The maximum absolute atomic E-state index is 11.0. The minimum atomic E-state index is -0.263. The van der Waals surface area contributed by atoms with Crippen molar-refractivity contribution >= 4 is 21.9 Å². The van der Waals surface area contributed by atoms with E-state index in [1.54, 1.807) is 0 Å². The highest BCUT2D eigenvalue weighted by atomic mass is 79.9. The first kappa shape index (κ1) is 14.3. The first-order valence-corrected chi connectivity index (χ1v) is 7.20. The molecule has 2 rings (SSSR count). The van der Waals surface area contributed by atoms with Crippen LogP contribution in [-0.2, 0) is 16.1 Å². The minimum absolute atomic E-state index is 0.258. The van der Waals surface area contributed by atoms with Crippen LogP contribution in [0.1, 0.15) is 24.8 Å². The van der Waals surface area contributed by atoms with Crippen LogP contribution in [-0.4, -0.2) is 25.7 Å². The quantitative estimate of drug-likeness (QED) is 0.782. The second-order valence-corrected chi connectivity index (χ2v) is 5.45. The Bertz CT molecular complexity index is 446. The standard InChI is InChI=1S/C14H18BrNO3/c1-18-14(17)6-7-19-13-5-2-10(8-12(13)15)9-16-11-3-4-11/h2,5,8,11,16H,3-4,6-7,9H2,1H3. The molecule has 4 nitrogen and oxygen atoms in total. The summed E-state index contributed by atoms with van der Waals surface area (Å²) < 4.78 is 11.0. The molecule has 1 aliphatic carbocycles. The molecule has 0 atom stereocenters. The summed E-state index contributed by atoms with van der Waals surface area (Å²) in [6.45, 7) is 1.21. The van der Waals surface area contributed by atoms with Gasteiger partial charge in [0.05, 0.1) is 24.6 Å². The molecular weight excluding hydrogens is 310 g/mol. The minimum Gasteiger partial charge on any atom is -0.492 e. The molecule has 19 heavy (non-hydrogen) atoms. The van der Waals surface area contributed by atoms with Crippen LogP contribution in [0.3, 0.4) is 0 Å². The SMILES string of the molecule is COC(=O)CCOc1ccc(CNC2CC2)cc1Br. The van der Waals surface area contributed by atoms with Gasteiger partial charge >= 0.3 is 5.97 Å². The highest BCUT2D eigenvalue weighted by Crippen LogP contribution is 2.27. The molecule has 0 unspecified atom stereocenters. The molecule has 1 N–H and O–H groups in total. The Morgan fingerprint density at radius 2 is 2.26 bits per heavy atom. The molecule has 0 heterocycles. The molecule has 0 aliphatic heterocycles. The first-order valence-electron chi connectivity index (χ1n) is 6.40. The fourth-order valence-electron chi connectivity index (χ4n) is 1.67. The van der Waals surface area contributed by atoms with Gasteiger partial charge in [0.25, 0.3) is 0 Å². The number of hydrogen-bond donors (Lipinski definition) is 1. The fraction of sp³-hybridized carbons (Fsp3) is 0.500. The van der Waals surface area contributed by atoms with Crippen molar-refractivity contribution in [3.8, 4) is 5.75 Å². The molecule has 1 aromatic rings. The van der Waals surface area contributed by atoms with Crippen molar-refractivity contribution < 1.29 is 14.3 Å². The average Bonchev–Trinajstić information content (AvgIpc) is 3.22. The number of benzene rings is 1. The Balaban J connectivity index is 1.81. The normalized spacial score (nSPS) is 14.2. The van der Waals surface area contributed by atoms with Crippen LogP contribution in [0.5, 0.6) is 5.75 Å². The number of methoxy groups -OCH3 is 1.